The molecule has 3 nitrogen and oxygen atoms in total. The fraction of sp³-hybridized carbons (Fsp3) is 0.333. The molecule has 2 unspecified atom stereocenters. The lowest BCUT2D eigenvalue weighted by Crippen LogP contribution is -2.45. The fourth-order valence-electron chi connectivity index (χ4n) is 4.99. The van der Waals surface area contributed by atoms with E-state index < -0.39 is 5.60 Å². The molecule has 0 aromatic heterocycles. The lowest BCUT2D eigenvalue weighted by atomic mass is 9.67. The Morgan fingerprint density at radius 1 is 1.00 bits per heavy atom. The van der Waals surface area contributed by atoms with Crippen LogP contribution in [-0.4, -0.2) is 25.8 Å². The lowest BCUT2D eigenvalue weighted by molar-refractivity contribution is -0.00408. The van der Waals surface area contributed by atoms with Gasteiger partial charge in [-0.2, -0.15) is 0 Å². The van der Waals surface area contributed by atoms with Gasteiger partial charge in [0.1, 0.15) is 11.4 Å². The maximum Gasteiger partial charge on any atom is 0.119 e. The molecule has 0 bridgehead atoms. The Morgan fingerprint density at radius 2 is 1.67 bits per heavy atom. The number of aryl methyl sites for hydroxylation is 2. The van der Waals surface area contributed by atoms with Crippen LogP contribution in [0.4, 0.5) is 5.69 Å². The Balaban J connectivity index is 1.75. The summed E-state index contributed by atoms with van der Waals surface area (Å²) in [6.07, 6.45) is 5.11. The van der Waals surface area contributed by atoms with Crippen molar-refractivity contribution in [3.8, 4) is 5.75 Å². The van der Waals surface area contributed by atoms with Crippen molar-refractivity contribution in [2.24, 2.45) is 5.92 Å². The highest BCUT2D eigenvalue weighted by molar-refractivity contribution is 5.58. The van der Waals surface area contributed by atoms with Gasteiger partial charge in [-0.05, 0) is 74.1 Å². The summed E-state index contributed by atoms with van der Waals surface area (Å²) in [5.74, 6) is 0.827. The van der Waals surface area contributed by atoms with Gasteiger partial charge in [-0.1, -0.05) is 65.7 Å². The van der Waals surface area contributed by atoms with E-state index in [1.807, 2.05) is 24.3 Å². The van der Waals surface area contributed by atoms with Crippen LogP contribution < -0.4 is 9.64 Å². The molecule has 1 fully saturated rings. The second-order valence-electron chi connectivity index (χ2n) is 9.38. The smallest absolute Gasteiger partial charge is 0.119 e. The van der Waals surface area contributed by atoms with E-state index in [1.54, 1.807) is 7.11 Å². The topological polar surface area (TPSA) is 32.7 Å². The summed E-state index contributed by atoms with van der Waals surface area (Å²) in [6.45, 7) is 4.97. The molecule has 1 aliphatic rings. The van der Waals surface area contributed by atoms with E-state index in [2.05, 4.69) is 80.4 Å². The Kier molecular flexibility index (Phi) is 6.90. The van der Waals surface area contributed by atoms with E-state index in [4.69, 9.17) is 4.74 Å². The first-order valence-electron chi connectivity index (χ1n) is 11.8. The lowest BCUT2D eigenvalue weighted by Gasteiger charge is -2.44. The molecule has 4 rings (SSSR count). The fourth-order valence-corrected chi connectivity index (χ4v) is 4.99. The number of rotatable bonds is 6. The molecule has 0 radical (unpaired) electrons. The van der Waals surface area contributed by atoms with Crippen molar-refractivity contribution >= 4 is 11.8 Å². The van der Waals surface area contributed by atoms with Gasteiger partial charge in [-0.15, -0.1) is 0 Å². The molecule has 3 heteroatoms. The van der Waals surface area contributed by atoms with Crippen LogP contribution in [0, 0.1) is 19.8 Å². The summed E-state index contributed by atoms with van der Waals surface area (Å²) in [4.78, 5) is 2.27. The van der Waals surface area contributed by atoms with Gasteiger partial charge in [0.25, 0.3) is 0 Å². The zero-order valence-electron chi connectivity index (χ0n) is 20.2. The standard InChI is InChI=1S/C30H35NO2/c1-22-11-15-24(16-12-22)19-25-7-5-9-27(21-31(3)28-17-13-23(2)14-18-28)30(25,32)26-8-6-10-29(20-26)33-4/h6,8,10-20,27,32H,5,7,9,21H2,1-4H3/b25-19+. The van der Waals surface area contributed by atoms with Crippen LogP contribution in [0.15, 0.2) is 78.4 Å². The minimum Gasteiger partial charge on any atom is -0.497 e. The predicted octanol–water partition coefficient (Wildman–Crippen LogP) is 6.52. The molecule has 172 valence electrons. The van der Waals surface area contributed by atoms with Crippen molar-refractivity contribution in [2.45, 2.75) is 38.7 Å². The van der Waals surface area contributed by atoms with E-state index in [9.17, 15) is 5.11 Å². The number of methoxy groups -OCH3 is 1. The van der Waals surface area contributed by atoms with E-state index in [0.29, 0.717) is 0 Å². The Morgan fingerprint density at radius 3 is 2.33 bits per heavy atom. The van der Waals surface area contributed by atoms with E-state index in [-0.39, 0.29) is 5.92 Å². The molecule has 3 aromatic carbocycles. The average Bonchev–Trinajstić information content (AvgIpc) is 2.83. The highest BCUT2D eigenvalue weighted by Gasteiger charge is 2.44. The summed E-state index contributed by atoms with van der Waals surface area (Å²) < 4.78 is 5.51. The van der Waals surface area contributed by atoms with Crippen LogP contribution in [0.5, 0.6) is 5.75 Å². The molecule has 0 heterocycles. The van der Waals surface area contributed by atoms with Gasteiger partial charge < -0.3 is 14.7 Å². The Labute approximate surface area is 198 Å². The molecule has 0 aliphatic heterocycles. The number of nitrogens with zero attached hydrogens (tertiary/aromatic N) is 1. The zero-order chi connectivity index (χ0) is 23.4. The van der Waals surface area contributed by atoms with Crippen LogP contribution in [0.3, 0.4) is 0 Å². The molecular formula is C30H35NO2. The van der Waals surface area contributed by atoms with E-state index in [1.165, 1.54) is 16.8 Å². The third kappa shape index (κ3) is 4.99. The minimum atomic E-state index is -1.06. The maximum atomic E-state index is 12.5. The van der Waals surface area contributed by atoms with Gasteiger partial charge in [-0.3, -0.25) is 0 Å². The van der Waals surface area contributed by atoms with Crippen molar-refractivity contribution < 1.29 is 9.84 Å². The predicted molar refractivity (Wildman–Crippen MR) is 138 cm³/mol. The van der Waals surface area contributed by atoms with Crippen molar-refractivity contribution in [3.63, 3.8) is 0 Å². The SMILES string of the molecule is COc1cccc(C2(O)/C(=C/c3ccc(C)cc3)CCCC2CN(C)c2ccc(C)cc2)c1. The highest BCUT2D eigenvalue weighted by atomic mass is 16.5. The quantitative estimate of drug-likeness (QED) is 0.473. The normalized spacial score (nSPS) is 21.7. The van der Waals surface area contributed by atoms with Crippen molar-refractivity contribution in [1.29, 1.82) is 0 Å². The van der Waals surface area contributed by atoms with Gasteiger partial charge >= 0.3 is 0 Å². The van der Waals surface area contributed by atoms with Crippen molar-refractivity contribution in [1.82, 2.24) is 0 Å². The van der Waals surface area contributed by atoms with Crippen molar-refractivity contribution in [2.75, 3.05) is 25.6 Å². The van der Waals surface area contributed by atoms with Gasteiger partial charge in [-0.25, -0.2) is 0 Å². The maximum absolute atomic E-state index is 12.5. The summed E-state index contributed by atoms with van der Waals surface area (Å²) in [6, 6.07) is 25.1. The van der Waals surface area contributed by atoms with Gasteiger partial charge in [0.15, 0.2) is 0 Å². The molecule has 0 amide bonds. The molecular weight excluding hydrogens is 406 g/mol. The zero-order valence-corrected chi connectivity index (χ0v) is 20.2. The first kappa shape index (κ1) is 23.1. The number of hydrogen-bond donors (Lipinski definition) is 1. The molecule has 0 saturated heterocycles. The number of ether oxygens (including phenoxy) is 1. The monoisotopic (exact) mass is 441 g/mol. The van der Waals surface area contributed by atoms with Crippen LogP contribution in [0.25, 0.3) is 6.08 Å². The van der Waals surface area contributed by atoms with Crippen LogP contribution in [0.2, 0.25) is 0 Å². The van der Waals surface area contributed by atoms with E-state index >= 15 is 0 Å². The summed E-state index contributed by atoms with van der Waals surface area (Å²) in [5, 5.41) is 12.5. The number of hydrogen-bond acceptors (Lipinski definition) is 3. The summed E-state index contributed by atoms with van der Waals surface area (Å²) >= 11 is 0. The molecule has 1 N–H and O–H groups in total. The van der Waals surface area contributed by atoms with Gasteiger partial charge in [0, 0.05) is 25.2 Å². The second-order valence-corrected chi connectivity index (χ2v) is 9.38. The van der Waals surface area contributed by atoms with Gasteiger partial charge in [0.05, 0.1) is 7.11 Å². The van der Waals surface area contributed by atoms with Crippen LogP contribution in [0.1, 0.15) is 41.5 Å². The summed E-state index contributed by atoms with van der Waals surface area (Å²) in [7, 11) is 3.80. The van der Waals surface area contributed by atoms with Crippen molar-refractivity contribution in [3.05, 3.63) is 101 Å². The third-order valence-corrected chi connectivity index (χ3v) is 6.98. The second kappa shape index (κ2) is 9.84. The molecule has 0 spiro atoms. The molecule has 1 saturated carbocycles. The molecule has 3 aromatic rings. The number of aliphatic hydroxyl groups is 1. The number of benzene rings is 3. The molecule has 1 aliphatic carbocycles. The van der Waals surface area contributed by atoms with Gasteiger partial charge in [0.2, 0.25) is 0 Å². The van der Waals surface area contributed by atoms with E-state index in [0.717, 1.165) is 48.3 Å². The number of anilines is 1. The van der Waals surface area contributed by atoms with Crippen LogP contribution >= 0.6 is 0 Å². The van der Waals surface area contributed by atoms with Crippen LogP contribution in [-0.2, 0) is 5.60 Å². The first-order chi connectivity index (χ1) is 15.9. The first-order valence-corrected chi connectivity index (χ1v) is 11.8. The average molecular weight is 442 g/mol. The Hall–Kier alpha value is -3.04. The Bertz CT molecular complexity index is 1100. The molecule has 2 atom stereocenters. The summed E-state index contributed by atoms with van der Waals surface area (Å²) in [5.41, 5.74) is 5.71. The highest BCUT2D eigenvalue weighted by Crippen LogP contribution is 2.47. The molecule has 33 heavy (non-hydrogen) atoms. The largest absolute Gasteiger partial charge is 0.497 e. The minimum absolute atomic E-state index is 0.0568. The third-order valence-electron chi connectivity index (χ3n) is 6.98.